The van der Waals surface area contributed by atoms with Gasteiger partial charge < -0.3 is 4.74 Å². The Kier molecular flexibility index (Phi) is 6.97. The molecule has 0 saturated heterocycles. The molecule has 7 heteroatoms. The van der Waals surface area contributed by atoms with Crippen molar-refractivity contribution in [3.63, 3.8) is 0 Å². The Hall–Kier alpha value is -5.01. The number of pyridine rings is 1. The Labute approximate surface area is 229 Å². The van der Waals surface area contributed by atoms with Gasteiger partial charge in [0.25, 0.3) is 5.91 Å². The lowest BCUT2D eigenvalue weighted by Crippen LogP contribution is -2.30. The molecule has 0 radical (unpaired) electrons. The van der Waals surface area contributed by atoms with E-state index in [4.69, 9.17) is 4.74 Å². The van der Waals surface area contributed by atoms with Crippen LogP contribution in [0.15, 0.2) is 121 Å². The molecule has 0 saturated carbocycles. The number of anilines is 1. The summed E-state index contributed by atoms with van der Waals surface area (Å²) in [7, 11) is 0. The smallest absolute Gasteiger partial charge is 0.289 e. The summed E-state index contributed by atoms with van der Waals surface area (Å²) in [6, 6.07) is 37.9. The first-order valence-corrected chi connectivity index (χ1v) is 13.4. The number of hydrogen-bond donors (Lipinski definition) is 2. The molecule has 39 heavy (non-hydrogen) atoms. The van der Waals surface area contributed by atoms with Gasteiger partial charge in [0.15, 0.2) is 0 Å². The second-order valence-corrected chi connectivity index (χ2v) is 9.72. The number of benzene rings is 4. The van der Waals surface area contributed by atoms with Crippen LogP contribution in [0, 0.1) is 0 Å². The highest BCUT2D eigenvalue weighted by Gasteiger charge is 2.15. The molecule has 2 N–H and O–H groups in total. The Balaban J connectivity index is 1.12. The van der Waals surface area contributed by atoms with Gasteiger partial charge in [0, 0.05) is 10.8 Å². The highest BCUT2D eigenvalue weighted by molar-refractivity contribution is 7.13. The summed E-state index contributed by atoms with van der Waals surface area (Å²) in [5, 5.41) is 3.46. The minimum atomic E-state index is -0.346. The van der Waals surface area contributed by atoms with E-state index < -0.39 is 0 Å². The van der Waals surface area contributed by atoms with Gasteiger partial charge in [-0.3, -0.25) is 15.6 Å². The maximum Gasteiger partial charge on any atom is 0.289 e. The van der Waals surface area contributed by atoms with Crippen molar-refractivity contribution in [2.45, 2.75) is 6.61 Å². The van der Waals surface area contributed by atoms with Gasteiger partial charge in [0.1, 0.15) is 28.9 Å². The molecule has 0 fully saturated rings. The number of aromatic nitrogens is 2. The number of fused-ring (bicyclic) bond motifs is 1. The van der Waals surface area contributed by atoms with Crippen LogP contribution in [-0.2, 0) is 6.61 Å². The predicted molar refractivity (Wildman–Crippen MR) is 157 cm³/mol. The van der Waals surface area contributed by atoms with E-state index in [-0.39, 0.29) is 5.91 Å². The zero-order chi connectivity index (χ0) is 26.4. The number of rotatable bonds is 8. The molecular weight excluding hydrogens is 504 g/mol. The zero-order valence-corrected chi connectivity index (χ0v) is 21.7. The molecule has 6 nitrogen and oxygen atoms in total. The maximum absolute atomic E-state index is 12.8. The summed E-state index contributed by atoms with van der Waals surface area (Å²) in [5.74, 6) is 0.913. The van der Waals surface area contributed by atoms with Crippen LogP contribution in [0.4, 0.5) is 5.82 Å². The number of ether oxygens (including phenoxy) is 1. The molecule has 190 valence electrons. The van der Waals surface area contributed by atoms with Crippen molar-refractivity contribution in [2.24, 2.45) is 0 Å². The van der Waals surface area contributed by atoms with Gasteiger partial charge in [-0.15, -0.1) is 11.3 Å². The summed E-state index contributed by atoms with van der Waals surface area (Å²) in [6.45, 7) is 0.451. The van der Waals surface area contributed by atoms with Gasteiger partial charge in [-0.05, 0) is 53.1 Å². The molecule has 0 bridgehead atoms. The average molecular weight is 529 g/mol. The van der Waals surface area contributed by atoms with Crippen LogP contribution in [-0.4, -0.2) is 15.9 Å². The second kappa shape index (κ2) is 11.2. The lowest BCUT2D eigenvalue weighted by Gasteiger charge is -2.10. The molecule has 1 amide bonds. The largest absolute Gasteiger partial charge is 0.488 e. The van der Waals surface area contributed by atoms with Crippen molar-refractivity contribution in [3.8, 4) is 27.4 Å². The van der Waals surface area contributed by atoms with E-state index in [1.165, 1.54) is 11.3 Å². The van der Waals surface area contributed by atoms with E-state index in [0.29, 0.717) is 23.1 Å². The Morgan fingerprint density at radius 1 is 0.769 bits per heavy atom. The number of para-hydroxylation sites is 1. The molecule has 4 aromatic carbocycles. The Morgan fingerprint density at radius 2 is 1.54 bits per heavy atom. The van der Waals surface area contributed by atoms with Gasteiger partial charge in [-0.2, -0.15) is 0 Å². The van der Waals surface area contributed by atoms with Crippen molar-refractivity contribution >= 4 is 34.0 Å². The number of nitrogens with one attached hydrogen (secondary N) is 2. The van der Waals surface area contributed by atoms with Crippen LogP contribution in [0.3, 0.4) is 0 Å². The van der Waals surface area contributed by atoms with Crippen molar-refractivity contribution in [1.29, 1.82) is 0 Å². The summed E-state index contributed by atoms with van der Waals surface area (Å²) in [6.07, 6.45) is 0. The topological polar surface area (TPSA) is 76.1 Å². The maximum atomic E-state index is 12.8. The van der Waals surface area contributed by atoms with Crippen molar-refractivity contribution < 1.29 is 9.53 Å². The summed E-state index contributed by atoms with van der Waals surface area (Å²) in [5.41, 5.74) is 11.0. The van der Waals surface area contributed by atoms with Crippen LogP contribution in [0.5, 0.6) is 5.75 Å². The first-order chi connectivity index (χ1) is 19.2. The number of carbonyl (C=O) groups excluding carboxylic acids is 1. The molecule has 2 heterocycles. The van der Waals surface area contributed by atoms with Crippen LogP contribution in [0.1, 0.15) is 16.1 Å². The molecule has 0 aliphatic heterocycles. The fraction of sp³-hybridized carbons (Fsp3) is 0.0312. The quantitative estimate of drug-likeness (QED) is 0.202. The van der Waals surface area contributed by atoms with E-state index in [1.54, 1.807) is 5.38 Å². The number of thiazole rings is 1. The van der Waals surface area contributed by atoms with E-state index >= 15 is 0 Å². The minimum Gasteiger partial charge on any atom is -0.488 e. The first kappa shape index (κ1) is 24.3. The van der Waals surface area contributed by atoms with E-state index in [0.717, 1.165) is 38.9 Å². The van der Waals surface area contributed by atoms with Gasteiger partial charge in [-0.1, -0.05) is 78.9 Å². The third kappa shape index (κ3) is 5.63. The molecular formula is C32H24N4O2S. The summed E-state index contributed by atoms with van der Waals surface area (Å²) in [4.78, 5) is 22.0. The van der Waals surface area contributed by atoms with Crippen molar-refractivity contribution in [1.82, 2.24) is 15.4 Å². The molecule has 0 spiro atoms. The van der Waals surface area contributed by atoms with Crippen LogP contribution >= 0.6 is 11.3 Å². The lowest BCUT2D eigenvalue weighted by atomic mass is 10.0. The highest BCUT2D eigenvalue weighted by atomic mass is 32.1. The summed E-state index contributed by atoms with van der Waals surface area (Å²) >= 11 is 1.39. The number of amides is 1. The van der Waals surface area contributed by atoms with Crippen LogP contribution in [0.2, 0.25) is 0 Å². The zero-order valence-electron chi connectivity index (χ0n) is 20.9. The van der Waals surface area contributed by atoms with Gasteiger partial charge >= 0.3 is 0 Å². The first-order valence-electron chi connectivity index (χ1n) is 12.5. The number of hydrazine groups is 1. The molecule has 0 aliphatic rings. The highest BCUT2D eigenvalue weighted by Crippen LogP contribution is 2.32. The molecule has 6 rings (SSSR count). The normalized spacial score (nSPS) is 10.8. The van der Waals surface area contributed by atoms with E-state index in [1.807, 2.05) is 97.1 Å². The molecule has 6 aromatic rings. The lowest BCUT2D eigenvalue weighted by molar-refractivity contribution is 0.0958. The fourth-order valence-electron chi connectivity index (χ4n) is 4.20. The van der Waals surface area contributed by atoms with Gasteiger partial charge in [0.2, 0.25) is 0 Å². The summed E-state index contributed by atoms with van der Waals surface area (Å²) < 4.78 is 6.07. The SMILES string of the molecule is O=C(NNc1ccc2cc(-c3ccccc3)ccc2n1)c1csc(-c2ccccc2OCc2ccccc2)n1. The minimum absolute atomic E-state index is 0.314. The Bertz CT molecular complexity index is 1740. The monoisotopic (exact) mass is 528 g/mol. The fourth-order valence-corrected chi connectivity index (χ4v) is 5.03. The Morgan fingerprint density at radius 3 is 2.38 bits per heavy atom. The molecule has 0 unspecified atom stereocenters. The van der Waals surface area contributed by atoms with Crippen molar-refractivity contribution in [3.05, 3.63) is 132 Å². The molecule has 0 aliphatic carbocycles. The third-order valence-electron chi connectivity index (χ3n) is 6.19. The second-order valence-electron chi connectivity index (χ2n) is 8.86. The number of carbonyl (C=O) groups is 1. The van der Waals surface area contributed by atoms with E-state index in [9.17, 15) is 4.79 Å². The number of nitrogens with zero attached hydrogens (tertiary/aromatic N) is 2. The van der Waals surface area contributed by atoms with Gasteiger partial charge in [-0.25, -0.2) is 9.97 Å². The molecule has 0 atom stereocenters. The van der Waals surface area contributed by atoms with Crippen molar-refractivity contribution in [2.75, 3.05) is 5.43 Å². The number of hydrogen-bond acceptors (Lipinski definition) is 6. The standard InChI is InChI=1S/C32H24N4O2S/c37-31(36-35-30-18-16-25-19-24(15-17-27(25)33-30)23-11-5-2-6-12-23)28-21-39-32(34-28)26-13-7-8-14-29(26)38-20-22-9-3-1-4-10-22/h1-19,21H,20H2,(H,33,35)(H,36,37). The van der Waals surface area contributed by atoms with E-state index in [2.05, 4.69) is 39.0 Å². The average Bonchev–Trinajstić information content (AvgIpc) is 3.50. The predicted octanol–water partition coefficient (Wildman–Crippen LogP) is 7.36. The van der Waals surface area contributed by atoms with Crippen LogP contribution in [0.25, 0.3) is 32.6 Å². The molecule has 2 aromatic heterocycles. The third-order valence-corrected chi connectivity index (χ3v) is 7.07. The van der Waals surface area contributed by atoms with Gasteiger partial charge in [0.05, 0.1) is 11.1 Å². The van der Waals surface area contributed by atoms with Crippen LogP contribution < -0.4 is 15.6 Å².